The number of allylic oxidation sites excluding steroid dienone is 3. The Hall–Kier alpha value is -10.2. The average Bonchev–Trinajstić information content (AvgIpc) is 1.35. The van der Waals surface area contributed by atoms with E-state index in [1.807, 2.05) is 60.7 Å². The van der Waals surface area contributed by atoms with Crippen molar-refractivity contribution in [3.05, 3.63) is 243 Å². The lowest BCUT2D eigenvalue weighted by molar-refractivity contribution is -0.114. The number of carbonyl (C=O) groups excluding carboxylic acids is 3. The molecule has 0 radical (unpaired) electrons. The van der Waals surface area contributed by atoms with Crippen molar-refractivity contribution in [3.63, 3.8) is 0 Å². The largest absolute Gasteiger partial charge is 0.491 e. The first kappa shape index (κ1) is 64.8. The Balaban J connectivity index is 1.06. The fourth-order valence-electron chi connectivity index (χ4n) is 9.04. The number of fused-ring (bicyclic) bond motifs is 2. The molecular weight excluding hydrogens is 1130 g/mol. The van der Waals surface area contributed by atoms with Crippen molar-refractivity contribution in [1.82, 2.24) is 0 Å². The number of amides is 1. The fraction of sp³-hybridized carbons (Fsp3) is 0.208. The van der Waals surface area contributed by atoms with Gasteiger partial charge in [-0.15, -0.1) is 0 Å². The number of rotatable bonds is 37. The van der Waals surface area contributed by atoms with Crippen molar-refractivity contribution >= 4 is 50.4 Å². The lowest BCUT2D eigenvalue weighted by atomic mass is 9.93. The van der Waals surface area contributed by atoms with Gasteiger partial charge in [0, 0.05) is 47.5 Å². The number of aliphatic hydroxyl groups is 4. The van der Waals surface area contributed by atoms with Gasteiger partial charge in [0.15, 0.2) is 11.6 Å². The third-order valence-electron chi connectivity index (χ3n) is 13.8. The van der Waals surface area contributed by atoms with E-state index >= 15 is 0 Å². The van der Waals surface area contributed by atoms with Gasteiger partial charge in [0.1, 0.15) is 123 Å². The summed E-state index contributed by atoms with van der Waals surface area (Å²) in [6.07, 6.45) is 1.66. The summed E-state index contributed by atoms with van der Waals surface area (Å²) in [7, 11) is 0. The number of aliphatic hydroxyl groups excluding tert-OH is 4. The highest BCUT2D eigenvalue weighted by molar-refractivity contribution is 5.99. The van der Waals surface area contributed by atoms with Gasteiger partial charge in [-0.25, -0.2) is 0 Å². The van der Waals surface area contributed by atoms with Gasteiger partial charge in [-0.05, 0) is 166 Å². The molecule has 8 rings (SSSR count). The van der Waals surface area contributed by atoms with Crippen LogP contribution in [0.4, 0.5) is 11.4 Å². The molecule has 0 aliphatic heterocycles. The van der Waals surface area contributed by atoms with E-state index in [0.29, 0.717) is 79.3 Å². The van der Waals surface area contributed by atoms with Gasteiger partial charge in [-0.3, -0.25) is 14.4 Å². The van der Waals surface area contributed by atoms with E-state index in [-0.39, 0.29) is 89.6 Å². The first-order valence-corrected chi connectivity index (χ1v) is 28.7. The lowest BCUT2D eigenvalue weighted by Gasteiger charge is -2.21. The first-order chi connectivity index (χ1) is 43.1. The molecule has 17 heteroatoms. The molecule has 8 aromatic rings. The molecule has 1 amide bonds. The van der Waals surface area contributed by atoms with Crippen molar-refractivity contribution in [2.75, 3.05) is 63.5 Å². The Bertz CT molecular complexity index is 3480. The minimum atomic E-state index is -1.09. The normalized spacial score (nSPS) is 12.3. The Morgan fingerprint density at radius 1 is 0.382 bits per heavy atom. The van der Waals surface area contributed by atoms with Crippen LogP contribution in [-0.4, -0.2) is 115 Å². The maximum absolute atomic E-state index is 11.9. The molecule has 4 unspecified atom stereocenters. The molecule has 460 valence electrons. The fourth-order valence-corrected chi connectivity index (χ4v) is 9.04. The van der Waals surface area contributed by atoms with E-state index in [0.717, 1.165) is 27.6 Å². The van der Waals surface area contributed by atoms with Crippen molar-refractivity contribution in [2.24, 2.45) is 0 Å². The second kappa shape index (κ2) is 32.5. The topological polar surface area (TPSA) is 230 Å². The number of nitrogens with one attached hydrogen (secondary N) is 2. The van der Waals surface area contributed by atoms with Crippen LogP contribution in [0.3, 0.4) is 0 Å². The predicted molar refractivity (Wildman–Crippen MR) is 344 cm³/mol. The van der Waals surface area contributed by atoms with E-state index in [4.69, 9.17) is 37.9 Å². The summed E-state index contributed by atoms with van der Waals surface area (Å²) < 4.78 is 49.1. The molecule has 0 saturated carbocycles. The van der Waals surface area contributed by atoms with Crippen LogP contribution in [0.1, 0.15) is 22.3 Å². The molecule has 4 atom stereocenters. The van der Waals surface area contributed by atoms with Crippen LogP contribution < -0.4 is 48.5 Å². The van der Waals surface area contributed by atoms with Crippen LogP contribution in [0.15, 0.2) is 221 Å². The van der Waals surface area contributed by atoms with E-state index < -0.39 is 24.4 Å². The highest BCUT2D eigenvalue weighted by Crippen LogP contribution is 2.39. The zero-order valence-electron chi connectivity index (χ0n) is 49.2. The van der Waals surface area contributed by atoms with Crippen LogP contribution in [0, 0.1) is 0 Å². The summed E-state index contributed by atoms with van der Waals surface area (Å²) in [5.41, 5.74) is 4.91. The smallest absolute Gasteiger partial charge is 0.247 e. The molecule has 0 bridgehead atoms. The SMILES string of the molecule is C=CC(=C)Nc1ccc(OCC(O)COc2ccc3ccc(OCC(O)COc4ccc(NC(=O)C=C)cc4)cc3c2Cc2c(OCC(O)COc3ccc(CC(=O)C=C)cc3)ccc3ccc(OCC(O)COc4ccc(CC(=O)C=C)cc4)cc23)cc1. The molecule has 0 aliphatic carbocycles. The Morgan fingerprint density at radius 2 is 0.697 bits per heavy atom. The number of benzene rings is 8. The summed E-state index contributed by atoms with van der Waals surface area (Å²) in [6.45, 7) is 17.2. The number of ether oxygens (including phenoxy) is 8. The molecule has 8 aromatic carbocycles. The standard InChI is InChI=1S/C72H72N2O15/c1-6-47(5)73-52-18-28-62(29-19-52)85-42-59(80)46-89-71-33-17-51-15-27-65(87-44-57(78)40-84-63-30-20-53(21-31-63)74-72(81)9-4)37-67(51)69(71)38-68-66-36-64(86-43-56(77)39-82-60-22-10-48(11-23-60)34-54(75)7-2)26-14-50(66)16-32-70(68)88-45-58(79)41-83-61-24-12-49(13-25-61)35-55(76)8-3/h6-33,36-37,56-59,73,77-80H,1-5,34-35,38-46H2,(H,74,81). The molecule has 0 saturated heterocycles. The van der Waals surface area contributed by atoms with E-state index in [1.165, 1.54) is 18.2 Å². The molecular formula is C72H72N2O15. The molecule has 6 N–H and O–H groups in total. The lowest BCUT2D eigenvalue weighted by Crippen LogP contribution is -2.25. The minimum absolute atomic E-state index is 0.0781. The molecule has 0 aromatic heterocycles. The second-order valence-electron chi connectivity index (χ2n) is 20.7. The van der Waals surface area contributed by atoms with Gasteiger partial charge in [0.2, 0.25) is 5.91 Å². The minimum Gasteiger partial charge on any atom is -0.491 e. The zero-order valence-corrected chi connectivity index (χ0v) is 49.2. The van der Waals surface area contributed by atoms with Crippen molar-refractivity contribution in [1.29, 1.82) is 0 Å². The summed E-state index contributed by atoms with van der Waals surface area (Å²) in [5.74, 6) is 3.13. The molecule has 0 fully saturated rings. The van der Waals surface area contributed by atoms with E-state index in [1.54, 1.807) is 103 Å². The van der Waals surface area contributed by atoms with Gasteiger partial charge in [-0.1, -0.05) is 81.4 Å². The third kappa shape index (κ3) is 19.9. The summed E-state index contributed by atoms with van der Waals surface area (Å²) in [4.78, 5) is 35.5. The van der Waals surface area contributed by atoms with E-state index in [2.05, 4.69) is 43.5 Å². The average molecular weight is 1210 g/mol. The van der Waals surface area contributed by atoms with Crippen LogP contribution in [-0.2, 0) is 33.6 Å². The Labute approximate surface area is 517 Å². The molecule has 0 aliphatic rings. The molecule has 17 nitrogen and oxygen atoms in total. The number of carbonyl (C=O) groups is 3. The van der Waals surface area contributed by atoms with E-state index in [9.17, 15) is 34.8 Å². The van der Waals surface area contributed by atoms with Crippen molar-refractivity contribution < 1.29 is 72.7 Å². The monoisotopic (exact) mass is 1200 g/mol. The highest BCUT2D eigenvalue weighted by Gasteiger charge is 2.21. The van der Waals surface area contributed by atoms with Crippen LogP contribution in [0.5, 0.6) is 46.0 Å². The van der Waals surface area contributed by atoms with Gasteiger partial charge < -0.3 is 69.0 Å². The molecule has 89 heavy (non-hydrogen) atoms. The number of hydrogen-bond donors (Lipinski definition) is 6. The maximum atomic E-state index is 11.9. The molecule has 0 spiro atoms. The third-order valence-corrected chi connectivity index (χ3v) is 13.8. The summed E-state index contributed by atoms with van der Waals surface area (Å²) in [6, 6.07) is 46.3. The summed E-state index contributed by atoms with van der Waals surface area (Å²) >= 11 is 0. The number of hydrogen-bond acceptors (Lipinski definition) is 16. The van der Waals surface area contributed by atoms with Crippen LogP contribution >= 0.6 is 0 Å². The number of ketones is 2. The van der Waals surface area contributed by atoms with Gasteiger partial charge in [0.25, 0.3) is 0 Å². The quantitative estimate of drug-likeness (QED) is 0.0157. The summed E-state index contributed by atoms with van der Waals surface area (Å²) in [5, 5.41) is 53.7. The predicted octanol–water partition coefficient (Wildman–Crippen LogP) is 10.7. The van der Waals surface area contributed by atoms with Gasteiger partial charge in [-0.2, -0.15) is 0 Å². The van der Waals surface area contributed by atoms with Crippen molar-refractivity contribution in [3.8, 4) is 46.0 Å². The van der Waals surface area contributed by atoms with Gasteiger partial charge >= 0.3 is 0 Å². The Morgan fingerprint density at radius 3 is 1.04 bits per heavy atom. The highest BCUT2D eigenvalue weighted by atomic mass is 16.5. The molecule has 0 heterocycles. The van der Waals surface area contributed by atoms with Crippen molar-refractivity contribution in [2.45, 2.75) is 43.7 Å². The van der Waals surface area contributed by atoms with Gasteiger partial charge in [0.05, 0.1) is 0 Å². The number of anilines is 2. The maximum Gasteiger partial charge on any atom is 0.247 e. The zero-order chi connectivity index (χ0) is 63.1. The van der Waals surface area contributed by atoms with Crippen LogP contribution in [0.2, 0.25) is 0 Å². The first-order valence-electron chi connectivity index (χ1n) is 28.7. The Kier molecular flexibility index (Phi) is 23.7. The van der Waals surface area contributed by atoms with Crippen LogP contribution in [0.25, 0.3) is 21.5 Å². The second-order valence-corrected chi connectivity index (χ2v) is 20.7.